The molecular weight excluding hydrogens is 278 g/mol. The van der Waals surface area contributed by atoms with Crippen LogP contribution in [0.3, 0.4) is 0 Å². The molecule has 0 saturated heterocycles. The lowest BCUT2D eigenvalue weighted by Crippen LogP contribution is -2.09. The molecule has 0 bridgehead atoms. The van der Waals surface area contributed by atoms with Crippen molar-refractivity contribution in [3.05, 3.63) is 46.9 Å². The molecule has 106 valence electrons. The van der Waals surface area contributed by atoms with E-state index in [2.05, 4.69) is 15.3 Å². The van der Waals surface area contributed by atoms with Crippen LogP contribution in [0, 0.1) is 0 Å². The van der Waals surface area contributed by atoms with Crippen molar-refractivity contribution >= 4 is 17.4 Å². The monoisotopic (exact) mass is 293 g/mol. The number of aromatic hydroxyl groups is 1. The number of nitrogens with one attached hydrogen (secondary N) is 1. The summed E-state index contributed by atoms with van der Waals surface area (Å²) in [6.45, 7) is 2.25. The molecule has 2 rings (SSSR count). The van der Waals surface area contributed by atoms with Crippen molar-refractivity contribution in [3.8, 4) is 5.75 Å². The Balaban J connectivity index is 1.97. The molecule has 5 nitrogen and oxygen atoms in total. The molecular formula is C14H16ClN3O2. The molecule has 0 fully saturated rings. The lowest BCUT2D eigenvalue weighted by Gasteiger charge is -2.11. The number of nitrogens with zero attached hydrogens (tertiary/aromatic N) is 2. The smallest absolute Gasteiger partial charge is 0.148 e. The highest BCUT2D eigenvalue weighted by molar-refractivity contribution is 6.33. The number of aliphatic hydroxyl groups is 1. The third kappa shape index (κ3) is 3.59. The fraction of sp³-hybridized carbons (Fsp3) is 0.286. The van der Waals surface area contributed by atoms with Crippen molar-refractivity contribution in [3.63, 3.8) is 0 Å². The average molecular weight is 294 g/mol. The summed E-state index contributed by atoms with van der Waals surface area (Å²) in [4.78, 5) is 8.01. The van der Waals surface area contributed by atoms with Crippen LogP contribution in [0.2, 0.25) is 5.02 Å². The van der Waals surface area contributed by atoms with Gasteiger partial charge in [-0.25, -0.2) is 9.97 Å². The van der Waals surface area contributed by atoms with Gasteiger partial charge in [-0.1, -0.05) is 23.7 Å². The number of phenols is 1. The summed E-state index contributed by atoms with van der Waals surface area (Å²) >= 11 is 6.13. The van der Waals surface area contributed by atoms with Gasteiger partial charge >= 0.3 is 0 Å². The SMILES string of the molecule is CC(O)c1ncnc(NCCc2ccc(O)cc2)c1Cl. The zero-order valence-electron chi connectivity index (χ0n) is 11.0. The van der Waals surface area contributed by atoms with Crippen LogP contribution in [0.4, 0.5) is 5.82 Å². The highest BCUT2D eigenvalue weighted by Crippen LogP contribution is 2.26. The van der Waals surface area contributed by atoms with Crippen molar-refractivity contribution < 1.29 is 10.2 Å². The molecule has 0 amide bonds. The molecule has 1 aromatic carbocycles. The van der Waals surface area contributed by atoms with Crippen LogP contribution in [0.15, 0.2) is 30.6 Å². The average Bonchev–Trinajstić information content (AvgIpc) is 2.42. The molecule has 0 saturated carbocycles. The van der Waals surface area contributed by atoms with Crippen molar-refractivity contribution in [2.75, 3.05) is 11.9 Å². The number of halogens is 1. The van der Waals surface area contributed by atoms with E-state index < -0.39 is 6.10 Å². The van der Waals surface area contributed by atoms with Gasteiger partial charge in [0.1, 0.15) is 22.9 Å². The quantitative estimate of drug-likeness (QED) is 0.789. The predicted molar refractivity (Wildman–Crippen MR) is 78.0 cm³/mol. The Morgan fingerprint density at radius 3 is 2.60 bits per heavy atom. The molecule has 20 heavy (non-hydrogen) atoms. The minimum absolute atomic E-state index is 0.252. The molecule has 0 radical (unpaired) electrons. The molecule has 1 heterocycles. The summed E-state index contributed by atoms with van der Waals surface area (Å²) in [7, 11) is 0. The first-order valence-electron chi connectivity index (χ1n) is 6.28. The van der Waals surface area contributed by atoms with Crippen LogP contribution >= 0.6 is 11.6 Å². The predicted octanol–water partition coefficient (Wildman–Crippen LogP) is 2.54. The van der Waals surface area contributed by atoms with Gasteiger partial charge in [0.15, 0.2) is 0 Å². The van der Waals surface area contributed by atoms with Crippen molar-refractivity contribution in [1.82, 2.24) is 9.97 Å². The van der Waals surface area contributed by atoms with E-state index in [9.17, 15) is 10.2 Å². The summed E-state index contributed by atoms with van der Waals surface area (Å²) in [5.41, 5.74) is 1.50. The van der Waals surface area contributed by atoms with E-state index in [1.54, 1.807) is 19.1 Å². The van der Waals surface area contributed by atoms with E-state index >= 15 is 0 Å². The minimum Gasteiger partial charge on any atom is -0.508 e. The standard InChI is InChI=1S/C14H16ClN3O2/c1-9(19)13-12(15)14(18-8-17-13)16-7-6-10-2-4-11(20)5-3-10/h2-5,8-9,19-20H,6-7H2,1H3,(H,16,17,18). The maximum absolute atomic E-state index is 9.53. The molecule has 1 aromatic heterocycles. The molecule has 1 atom stereocenters. The summed E-state index contributed by atoms with van der Waals surface area (Å²) in [5.74, 6) is 0.762. The first kappa shape index (κ1) is 14.6. The van der Waals surface area contributed by atoms with E-state index in [0.29, 0.717) is 23.1 Å². The van der Waals surface area contributed by atoms with Crippen LogP contribution < -0.4 is 5.32 Å². The number of anilines is 1. The molecule has 3 N–H and O–H groups in total. The van der Waals surface area contributed by atoms with Crippen molar-refractivity contribution in [2.45, 2.75) is 19.4 Å². The fourth-order valence-electron chi connectivity index (χ4n) is 1.79. The highest BCUT2D eigenvalue weighted by atomic mass is 35.5. The van der Waals surface area contributed by atoms with E-state index in [-0.39, 0.29) is 5.75 Å². The van der Waals surface area contributed by atoms with Gasteiger partial charge in [-0.3, -0.25) is 0 Å². The number of phenolic OH excluding ortho intramolecular Hbond substituents is 1. The number of hydrogen-bond acceptors (Lipinski definition) is 5. The number of aliphatic hydroxyl groups excluding tert-OH is 1. The van der Waals surface area contributed by atoms with Crippen molar-refractivity contribution in [2.24, 2.45) is 0 Å². The third-order valence-corrected chi connectivity index (χ3v) is 3.23. The highest BCUT2D eigenvalue weighted by Gasteiger charge is 2.12. The van der Waals surface area contributed by atoms with Gasteiger partial charge in [-0.05, 0) is 31.0 Å². The van der Waals surface area contributed by atoms with E-state index in [0.717, 1.165) is 12.0 Å². The third-order valence-electron chi connectivity index (χ3n) is 2.85. The molecule has 0 aliphatic carbocycles. The molecule has 0 aliphatic rings. The Morgan fingerprint density at radius 1 is 1.25 bits per heavy atom. The fourth-order valence-corrected chi connectivity index (χ4v) is 2.11. The van der Waals surface area contributed by atoms with Crippen molar-refractivity contribution in [1.29, 1.82) is 0 Å². The maximum atomic E-state index is 9.53. The van der Waals surface area contributed by atoms with E-state index in [4.69, 9.17) is 11.6 Å². The summed E-state index contributed by atoms with van der Waals surface area (Å²) in [6, 6.07) is 7.02. The molecule has 1 unspecified atom stereocenters. The van der Waals surface area contributed by atoms with Gasteiger partial charge in [0.25, 0.3) is 0 Å². The Morgan fingerprint density at radius 2 is 1.95 bits per heavy atom. The maximum Gasteiger partial charge on any atom is 0.148 e. The normalized spacial score (nSPS) is 12.2. The van der Waals surface area contributed by atoms with Gasteiger partial charge < -0.3 is 15.5 Å². The van der Waals surface area contributed by atoms with Crippen LogP contribution in [0.5, 0.6) is 5.75 Å². The van der Waals surface area contributed by atoms with Gasteiger partial charge in [0.05, 0.1) is 11.8 Å². The Labute approximate surface area is 122 Å². The summed E-state index contributed by atoms with van der Waals surface area (Å²) in [5, 5.41) is 22.2. The molecule has 0 spiro atoms. The van der Waals surface area contributed by atoms with Crippen LogP contribution in [-0.4, -0.2) is 26.7 Å². The number of aromatic nitrogens is 2. The molecule has 0 aliphatic heterocycles. The lowest BCUT2D eigenvalue weighted by atomic mass is 10.1. The number of benzene rings is 1. The largest absolute Gasteiger partial charge is 0.508 e. The summed E-state index contributed by atoms with van der Waals surface area (Å²) in [6.07, 6.45) is 1.41. The van der Waals surface area contributed by atoms with Gasteiger partial charge in [-0.15, -0.1) is 0 Å². The first-order valence-corrected chi connectivity index (χ1v) is 6.66. The number of hydrogen-bond donors (Lipinski definition) is 3. The van der Waals surface area contributed by atoms with Crippen LogP contribution in [0.1, 0.15) is 24.3 Å². The molecule has 2 aromatic rings. The summed E-state index contributed by atoms with van der Waals surface area (Å²) < 4.78 is 0. The zero-order valence-corrected chi connectivity index (χ0v) is 11.8. The van der Waals surface area contributed by atoms with E-state index in [1.807, 2.05) is 12.1 Å². The topological polar surface area (TPSA) is 78.3 Å². The second-order valence-corrected chi connectivity index (χ2v) is 4.82. The second kappa shape index (κ2) is 6.54. The minimum atomic E-state index is -0.733. The Hall–Kier alpha value is -1.85. The Kier molecular flexibility index (Phi) is 4.76. The Bertz CT molecular complexity index is 573. The number of rotatable bonds is 5. The van der Waals surface area contributed by atoms with Crippen LogP contribution in [0.25, 0.3) is 0 Å². The molecule has 6 heteroatoms. The second-order valence-electron chi connectivity index (χ2n) is 4.44. The van der Waals surface area contributed by atoms with E-state index in [1.165, 1.54) is 6.33 Å². The zero-order chi connectivity index (χ0) is 14.5. The lowest BCUT2D eigenvalue weighted by molar-refractivity contribution is 0.194. The first-order chi connectivity index (χ1) is 9.58. The van der Waals surface area contributed by atoms with Gasteiger partial charge in [0.2, 0.25) is 0 Å². The van der Waals surface area contributed by atoms with Gasteiger partial charge in [-0.2, -0.15) is 0 Å². The van der Waals surface area contributed by atoms with Gasteiger partial charge in [0, 0.05) is 6.54 Å². The van der Waals surface area contributed by atoms with Crippen LogP contribution in [-0.2, 0) is 6.42 Å².